The first-order valence-corrected chi connectivity index (χ1v) is 5.87. The van der Waals surface area contributed by atoms with Gasteiger partial charge in [0.1, 0.15) is 0 Å². The summed E-state index contributed by atoms with van der Waals surface area (Å²) < 4.78 is 0. The highest BCUT2D eigenvalue weighted by Crippen LogP contribution is 2.24. The quantitative estimate of drug-likeness (QED) is 0.821. The van der Waals surface area contributed by atoms with Crippen molar-refractivity contribution in [2.75, 3.05) is 4.90 Å². The summed E-state index contributed by atoms with van der Waals surface area (Å²) in [5.74, 6) is -2.12. The number of benzene rings is 2. The smallest absolute Gasteiger partial charge is 0.335 e. The van der Waals surface area contributed by atoms with Crippen molar-refractivity contribution in [3.05, 3.63) is 59.7 Å². The molecule has 0 aliphatic heterocycles. The van der Waals surface area contributed by atoms with Crippen LogP contribution in [0, 0.1) is 0 Å². The summed E-state index contributed by atoms with van der Waals surface area (Å²) in [7, 11) is 0. The Morgan fingerprint density at radius 1 is 0.762 bits per heavy atom. The molecular formula is C15H10NO5. The number of aromatic carboxylic acids is 2. The Kier molecular flexibility index (Phi) is 3.99. The number of nitrogens with zero attached hydrogens (tertiary/aromatic N) is 1. The molecule has 0 atom stereocenters. The van der Waals surface area contributed by atoms with E-state index in [1.54, 1.807) is 6.41 Å². The van der Waals surface area contributed by atoms with E-state index in [-0.39, 0.29) is 11.1 Å². The average Bonchev–Trinajstić information content (AvgIpc) is 2.49. The molecule has 0 aliphatic rings. The number of carbonyl (C=O) groups is 2. The van der Waals surface area contributed by atoms with E-state index in [4.69, 9.17) is 10.2 Å². The summed E-state index contributed by atoms with van der Waals surface area (Å²) >= 11 is 0. The van der Waals surface area contributed by atoms with E-state index in [0.717, 1.165) is 4.90 Å². The minimum atomic E-state index is -1.06. The molecule has 0 heterocycles. The van der Waals surface area contributed by atoms with Crippen LogP contribution in [-0.4, -0.2) is 28.6 Å². The first-order valence-electron chi connectivity index (χ1n) is 5.87. The van der Waals surface area contributed by atoms with Crippen LogP contribution in [0.2, 0.25) is 0 Å². The fourth-order valence-electron chi connectivity index (χ4n) is 1.76. The van der Waals surface area contributed by atoms with Gasteiger partial charge in [-0.25, -0.2) is 9.59 Å². The van der Waals surface area contributed by atoms with Crippen molar-refractivity contribution < 1.29 is 24.6 Å². The van der Waals surface area contributed by atoms with Crippen LogP contribution in [0.3, 0.4) is 0 Å². The van der Waals surface area contributed by atoms with Crippen LogP contribution in [-0.2, 0) is 4.79 Å². The molecule has 105 valence electrons. The molecule has 0 aliphatic carbocycles. The SMILES string of the molecule is O=[C]N(c1ccc(C(=O)O)cc1)c1ccc(C(=O)O)cc1. The topological polar surface area (TPSA) is 94.9 Å². The van der Waals surface area contributed by atoms with Crippen LogP contribution in [0.1, 0.15) is 20.7 Å². The van der Waals surface area contributed by atoms with Crippen molar-refractivity contribution in [2.45, 2.75) is 0 Å². The van der Waals surface area contributed by atoms with Gasteiger partial charge in [-0.05, 0) is 48.5 Å². The van der Waals surface area contributed by atoms with Crippen molar-refractivity contribution >= 4 is 29.7 Å². The van der Waals surface area contributed by atoms with Crippen LogP contribution in [0.4, 0.5) is 11.4 Å². The lowest BCUT2D eigenvalue weighted by molar-refractivity contribution is 0.0686. The Bertz CT molecular complexity index is 619. The number of anilines is 2. The van der Waals surface area contributed by atoms with E-state index in [1.165, 1.54) is 48.5 Å². The maximum atomic E-state index is 11.1. The molecule has 0 aromatic heterocycles. The third kappa shape index (κ3) is 3.06. The molecule has 2 aromatic rings. The number of carboxylic acids is 2. The van der Waals surface area contributed by atoms with E-state index in [9.17, 15) is 14.4 Å². The molecule has 6 heteroatoms. The number of hydrogen-bond acceptors (Lipinski definition) is 3. The minimum absolute atomic E-state index is 0.103. The van der Waals surface area contributed by atoms with Gasteiger partial charge in [0.25, 0.3) is 0 Å². The third-order valence-electron chi connectivity index (χ3n) is 2.84. The normalized spacial score (nSPS) is 9.90. The van der Waals surface area contributed by atoms with Gasteiger partial charge < -0.3 is 10.2 Å². The van der Waals surface area contributed by atoms with Crippen LogP contribution in [0.5, 0.6) is 0 Å². The molecule has 1 amide bonds. The summed E-state index contributed by atoms with van der Waals surface area (Å²) in [4.78, 5) is 33.8. The Morgan fingerprint density at radius 3 is 1.33 bits per heavy atom. The average molecular weight is 284 g/mol. The van der Waals surface area contributed by atoms with E-state index in [0.29, 0.717) is 11.4 Å². The highest BCUT2D eigenvalue weighted by Gasteiger charge is 2.11. The zero-order chi connectivity index (χ0) is 15.4. The van der Waals surface area contributed by atoms with Gasteiger partial charge in [-0.1, -0.05) is 0 Å². The van der Waals surface area contributed by atoms with Crippen LogP contribution in [0.25, 0.3) is 0 Å². The van der Waals surface area contributed by atoms with Gasteiger partial charge in [-0.2, -0.15) is 0 Å². The number of carboxylic acid groups (broad SMARTS) is 2. The first-order chi connectivity index (χ1) is 10.0. The summed E-state index contributed by atoms with van der Waals surface area (Å²) in [6, 6.07) is 11.4. The van der Waals surface area contributed by atoms with E-state index >= 15 is 0 Å². The van der Waals surface area contributed by atoms with Gasteiger partial charge in [0.05, 0.1) is 11.1 Å². The molecular weight excluding hydrogens is 274 g/mol. The maximum absolute atomic E-state index is 11.1. The summed E-state index contributed by atoms with van der Waals surface area (Å²) in [5.41, 5.74) is 1.06. The van der Waals surface area contributed by atoms with Crippen LogP contribution < -0.4 is 4.90 Å². The molecule has 0 spiro atoms. The zero-order valence-electron chi connectivity index (χ0n) is 10.7. The number of hydrogen-bond donors (Lipinski definition) is 2. The second-order valence-corrected chi connectivity index (χ2v) is 4.13. The fourth-order valence-corrected chi connectivity index (χ4v) is 1.76. The zero-order valence-corrected chi connectivity index (χ0v) is 10.7. The highest BCUT2D eigenvalue weighted by atomic mass is 16.4. The third-order valence-corrected chi connectivity index (χ3v) is 2.84. The standard InChI is InChI=1S/C15H10NO5/c17-9-16(12-5-1-10(2-6-12)14(18)19)13-7-3-11(4-8-13)15(20)21/h1-8H,(H,18,19)(H,20,21). The molecule has 2 N–H and O–H groups in total. The van der Waals surface area contributed by atoms with Gasteiger partial charge in [0, 0.05) is 11.4 Å². The van der Waals surface area contributed by atoms with Crippen molar-refractivity contribution in [3.8, 4) is 0 Å². The van der Waals surface area contributed by atoms with Gasteiger partial charge in [0.15, 0.2) is 0 Å². The fraction of sp³-hybridized carbons (Fsp3) is 0. The summed E-state index contributed by atoms with van der Waals surface area (Å²) in [5, 5.41) is 17.6. The lowest BCUT2D eigenvalue weighted by Gasteiger charge is -2.16. The molecule has 21 heavy (non-hydrogen) atoms. The van der Waals surface area contributed by atoms with Crippen LogP contribution in [0.15, 0.2) is 48.5 Å². The molecule has 0 fully saturated rings. The predicted octanol–water partition coefficient (Wildman–Crippen LogP) is 2.29. The van der Waals surface area contributed by atoms with E-state index in [2.05, 4.69) is 0 Å². The predicted molar refractivity (Wildman–Crippen MR) is 74.6 cm³/mol. The molecule has 0 bridgehead atoms. The molecule has 2 rings (SSSR count). The molecule has 2 aromatic carbocycles. The summed E-state index contributed by atoms with van der Waals surface area (Å²) in [6.45, 7) is 0. The molecule has 0 saturated carbocycles. The van der Waals surface area contributed by atoms with Gasteiger partial charge in [-0.3, -0.25) is 9.69 Å². The Hall–Kier alpha value is -3.15. The van der Waals surface area contributed by atoms with Crippen molar-refractivity contribution in [3.63, 3.8) is 0 Å². The second kappa shape index (κ2) is 5.87. The minimum Gasteiger partial charge on any atom is -0.478 e. The van der Waals surface area contributed by atoms with E-state index < -0.39 is 11.9 Å². The molecule has 6 nitrogen and oxygen atoms in total. The highest BCUT2D eigenvalue weighted by molar-refractivity contribution is 5.92. The van der Waals surface area contributed by atoms with Crippen molar-refractivity contribution in [2.24, 2.45) is 0 Å². The summed E-state index contributed by atoms with van der Waals surface area (Å²) in [6.07, 6.45) is 1.72. The Morgan fingerprint density at radius 2 is 1.10 bits per heavy atom. The van der Waals surface area contributed by atoms with Crippen molar-refractivity contribution in [1.82, 2.24) is 0 Å². The van der Waals surface area contributed by atoms with E-state index in [1.807, 2.05) is 0 Å². The Labute approximate surface area is 119 Å². The lowest BCUT2D eigenvalue weighted by atomic mass is 10.1. The first kappa shape index (κ1) is 14.3. The largest absolute Gasteiger partial charge is 0.478 e. The lowest BCUT2D eigenvalue weighted by Crippen LogP contribution is -2.14. The number of amides is 1. The van der Waals surface area contributed by atoms with Gasteiger partial charge >= 0.3 is 18.3 Å². The van der Waals surface area contributed by atoms with Gasteiger partial charge in [-0.15, -0.1) is 0 Å². The van der Waals surface area contributed by atoms with Crippen LogP contribution >= 0.6 is 0 Å². The monoisotopic (exact) mass is 284 g/mol. The molecule has 0 unspecified atom stereocenters. The second-order valence-electron chi connectivity index (χ2n) is 4.13. The maximum Gasteiger partial charge on any atom is 0.335 e. The Balaban J connectivity index is 2.32. The molecule has 1 radical (unpaired) electrons. The van der Waals surface area contributed by atoms with Crippen molar-refractivity contribution in [1.29, 1.82) is 0 Å². The number of carbonyl (C=O) groups excluding carboxylic acids is 1. The number of rotatable bonds is 5. The molecule has 0 saturated heterocycles. The van der Waals surface area contributed by atoms with Gasteiger partial charge in [0.2, 0.25) is 0 Å².